The van der Waals surface area contributed by atoms with Crippen molar-refractivity contribution in [2.45, 2.75) is 43.8 Å². The van der Waals surface area contributed by atoms with Crippen molar-refractivity contribution in [3.8, 4) is 0 Å². The summed E-state index contributed by atoms with van der Waals surface area (Å²) >= 11 is 0.306. The van der Waals surface area contributed by atoms with E-state index in [0.717, 1.165) is 25.7 Å². The summed E-state index contributed by atoms with van der Waals surface area (Å²) in [6.45, 7) is 9.26. The zero-order valence-electron chi connectivity index (χ0n) is 12.8. The minimum atomic E-state index is 0.0337. The van der Waals surface area contributed by atoms with Gasteiger partial charge in [-0.1, -0.05) is 25.0 Å². The molecule has 0 saturated carbocycles. The van der Waals surface area contributed by atoms with Gasteiger partial charge in [-0.05, 0) is 12.8 Å². The maximum absolute atomic E-state index is 9.64. The van der Waals surface area contributed by atoms with E-state index in [-0.39, 0.29) is 13.2 Å². The van der Waals surface area contributed by atoms with Crippen LogP contribution in [-0.4, -0.2) is 13.2 Å². The van der Waals surface area contributed by atoms with Crippen LogP contribution in [0.2, 0.25) is 4.73 Å². The van der Waals surface area contributed by atoms with E-state index in [1.165, 1.54) is 11.1 Å². The molecule has 0 heterocycles. The first kappa shape index (κ1) is 21.9. The summed E-state index contributed by atoms with van der Waals surface area (Å²) in [5, 5.41) is 19.3. The molecule has 0 aromatic heterocycles. The van der Waals surface area contributed by atoms with Gasteiger partial charge in [-0.25, -0.2) is 0 Å². The summed E-state index contributed by atoms with van der Waals surface area (Å²) in [5.74, 6) is 0. The molecule has 0 fully saturated rings. The third-order valence-corrected chi connectivity index (χ3v) is 4.12. The van der Waals surface area contributed by atoms with Gasteiger partial charge in [0.05, 0.1) is 0 Å². The number of hydrogen-bond donors (Lipinski definition) is 0. The van der Waals surface area contributed by atoms with Crippen LogP contribution in [0.3, 0.4) is 0 Å². The molecule has 20 heavy (non-hydrogen) atoms. The van der Waals surface area contributed by atoms with Gasteiger partial charge in [-0.3, -0.25) is 0 Å². The van der Waals surface area contributed by atoms with Gasteiger partial charge in [0.15, 0.2) is 0 Å². The van der Waals surface area contributed by atoms with Crippen LogP contribution in [0, 0.1) is 0 Å². The molecule has 0 aliphatic heterocycles. The van der Waals surface area contributed by atoms with E-state index in [9.17, 15) is 10.2 Å². The van der Waals surface area contributed by atoms with Crippen molar-refractivity contribution in [1.82, 2.24) is 0 Å². The zero-order chi connectivity index (χ0) is 15.5. The second-order valence-corrected chi connectivity index (χ2v) is 6.78. The second kappa shape index (κ2) is 20.9. The molecule has 1 aliphatic carbocycles. The van der Waals surface area contributed by atoms with Crippen LogP contribution in [0.15, 0.2) is 47.4 Å². The van der Waals surface area contributed by atoms with Crippen LogP contribution in [-0.2, 0) is 19.2 Å². The van der Waals surface area contributed by atoms with Crippen molar-refractivity contribution in [3.05, 3.63) is 47.4 Å². The van der Waals surface area contributed by atoms with E-state index in [2.05, 4.69) is 38.3 Å². The molecule has 0 aromatic carbocycles. The normalized spacial score (nSPS) is 11.2. The van der Waals surface area contributed by atoms with E-state index in [0.29, 0.717) is 19.2 Å². The predicted molar refractivity (Wildman–Crippen MR) is 80.9 cm³/mol. The number of rotatable bonds is 8. The third-order valence-electron chi connectivity index (χ3n) is 2.28. The fraction of sp³-hybridized carbons (Fsp3) is 0.529. The van der Waals surface area contributed by atoms with Crippen molar-refractivity contribution in [2.75, 3.05) is 13.2 Å². The SMILES string of the molecule is C=CCCC[O-].C=CCCC[O-].C[CH2][Ti+2][C]1=CC=CC1. The minimum absolute atomic E-state index is 0.0337. The van der Waals surface area contributed by atoms with Gasteiger partial charge in [0.25, 0.3) is 0 Å². The van der Waals surface area contributed by atoms with E-state index in [4.69, 9.17) is 0 Å². The van der Waals surface area contributed by atoms with Crippen molar-refractivity contribution < 1.29 is 29.4 Å². The Morgan fingerprint density at radius 2 is 1.70 bits per heavy atom. The van der Waals surface area contributed by atoms with Crippen LogP contribution in [0.25, 0.3) is 0 Å². The van der Waals surface area contributed by atoms with Crippen molar-refractivity contribution in [2.24, 2.45) is 0 Å². The molecular formula is C17H28O2Ti. The Labute approximate surface area is 133 Å². The summed E-state index contributed by atoms with van der Waals surface area (Å²) in [7, 11) is 0. The summed E-state index contributed by atoms with van der Waals surface area (Å²) in [4.78, 5) is 0. The first-order valence-electron chi connectivity index (χ1n) is 7.24. The van der Waals surface area contributed by atoms with Crippen molar-refractivity contribution in [3.63, 3.8) is 0 Å². The standard InChI is InChI=1S/2C5H9O.C5H5.C2H5.Ti/c2*1-2-3-4-5-6;1-2-4-5-3-1;1-2;/h2*2H,1,3-5H2;1-3H,4H2;1H2,2H3;/q2*-1;;;+2. The van der Waals surface area contributed by atoms with Crippen molar-refractivity contribution in [1.29, 1.82) is 0 Å². The quantitative estimate of drug-likeness (QED) is 0.393. The second-order valence-electron chi connectivity index (χ2n) is 4.12. The van der Waals surface area contributed by atoms with E-state index in [1.54, 1.807) is 16.0 Å². The molecule has 112 valence electrons. The van der Waals surface area contributed by atoms with Crippen LogP contribution in [0.4, 0.5) is 0 Å². The number of allylic oxidation sites excluding steroid dienone is 6. The maximum atomic E-state index is 9.64. The number of unbranched alkanes of at least 4 members (excludes halogenated alkanes) is 2. The molecule has 0 amide bonds. The van der Waals surface area contributed by atoms with Crippen LogP contribution >= 0.6 is 0 Å². The zero-order valence-corrected chi connectivity index (χ0v) is 14.3. The molecular weight excluding hydrogens is 284 g/mol. The van der Waals surface area contributed by atoms with Gasteiger partial charge in [0.1, 0.15) is 0 Å². The Balaban J connectivity index is 0. The molecule has 0 unspecified atom stereocenters. The molecule has 0 N–H and O–H groups in total. The van der Waals surface area contributed by atoms with Crippen LogP contribution < -0.4 is 10.2 Å². The molecule has 0 saturated heterocycles. The Morgan fingerprint density at radius 3 is 1.95 bits per heavy atom. The molecule has 0 aromatic rings. The molecule has 1 aliphatic rings. The average Bonchev–Trinajstić information content (AvgIpc) is 2.98. The fourth-order valence-electron chi connectivity index (χ4n) is 1.26. The average molecular weight is 312 g/mol. The molecule has 3 heteroatoms. The van der Waals surface area contributed by atoms with E-state index < -0.39 is 0 Å². The number of hydrogen-bond acceptors (Lipinski definition) is 2. The van der Waals surface area contributed by atoms with Gasteiger partial charge in [-0.2, -0.15) is 0 Å². The third kappa shape index (κ3) is 19.9. The van der Waals surface area contributed by atoms with Crippen molar-refractivity contribution >= 4 is 0 Å². The van der Waals surface area contributed by atoms with Gasteiger partial charge < -0.3 is 10.2 Å². The van der Waals surface area contributed by atoms with Gasteiger partial charge in [0.2, 0.25) is 0 Å². The monoisotopic (exact) mass is 312 g/mol. The Bertz CT molecular complexity index is 258. The molecule has 0 atom stereocenters. The Morgan fingerprint density at radius 1 is 1.15 bits per heavy atom. The first-order chi connectivity index (χ1) is 9.76. The summed E-state index contributed by atoms with van der Waals surface area (Å²) in [6.07, 6.45) is 14.7. The van der Waals surface area contributed by atoms with Gasteiger partial charge in [0, 0.05) is 0 Å². The summed E-state index contributed by atoms with van der Waals surface area (Å²) in [6, 6.07) is 0. The van der Waals surface area contributed by atoms with Gasteiger partial charge >= 0.3 is 59.3 Å². The first-order valence-corrected chi connectivity index (χ1v) is 9.12. The topological polar surface area (TPSA) is 46.1 Å². The molecule has 0 radical (unpaired) electrons. The van der Waals surface area contributed by atoms with Gasteiger partial charge in [-0.15, -0.1) is 26.4 Å². The fourth-order valence-corrected chi connectivity index (χ4v) is 2.71. The Kier molecular flexibility index (Phi) is 22.9. The Hall–Kier alpha value is -0.406. The molecule has 1 rings (SSSR count). The van der Waals surface area contributed by atoms with E-state index >= 15 is 0 Å². The summed E-state index contributed by atoms with van der Waals surface area (Å²) in [5.41, 5.74) is 0. The summed E-state index contributed by atoms with van der Waals surface area (Å²) < 4.78 is 3.13. The molecule has 0 spiro atoms. The van der Waals surface area contributed by atoms with Crippen LogP contribution in [0.5, 0.6) is 0 Å². The van der Waals surface area contributed by atoms with Crippen LogP contribution in [0.1, 0.15) is 39.0 Å². The molecule has 0 bridgehead atoms. The predicted octanol–water partition coefficient (Wildman–Crippen LogP) is 2.98. The molecule has 2 nitrogen and oxygen atoms in total. The van der Waals surface area contributed by atoms with E-state index in [1.807, 2.05) is 0 Å².